The van der Waals surface area contributed by atoms with Gasteiger partial charge in [-0.2, -0.15) is 0 Å². The van der Waals surface area contributed by atoms with Crippen molar-refractivity contribution in [2.75, 3.05) is 13.2 Å². The Bertz CT molecular complexity index is 261. The number of hydrogen-bond acceptors (Lipinski definition) is 4. The standard InChI is InChI=1S/C9H16N2O4/c1-6(7(12)13)11-8(14)9(10)2-4-15-5-3-9/h6H,2-5,10H2,1H3,(H,11,14)(H,12,13)/t6-/m0/s1. The maximum Gasteiger partial charge on any atom is 0.325 e. The molecule has 86 valence electrons. The van der Waals surface area contributed by atoms with E-state index < -0.39 is 23.5 Å². The lowest BCUT2D eigenvalue weighted by atomic mass is 9.90. The van der Waals surface area contributed by atoms with Gasteiger partial charge in [-0.15, -0.1) is 0 Å². The molecule has 0 aliphatic carbocycles. The lowest BCUT2D eigenvalue weighted by molar-refractivity contribution is -0.142. The van der Waals surface area contributed by atoms with E-state index >= 15 is 0 Å². The van der Waals surface area contributed by atoms with Crippen molar-refractivity contribution in [1.82, 2.24) is 5.32 Å². The summed E-state index contributed by atoms with van der Waals surface area (Å²) >= 11 is 0. The van der Waals surface area contributed by atoms with Crippen molar-refractivity contribution < 1.29 is 19.4 Å². The average Bonchev–Trinajstić information content (AvgIpc) is 2.18. The summed E-state index contributed by atoms with van der Waals surface area (Å²) in [5.74, 6) is -1.49. The molecule has 6 heteroatoms. The molecule has 1 amide bonds. The van der Waals surface area contributed by atoms with Gasteiger partial charge < -0.3 is 20.9 Å². The molecular formula is C9H16N2O4. The van der Waals surface area contributed by atoms with E-state index in [1.807, 2.05) is 0 Å². The summed E-state index contributed by atoms with van der Waals surface area (Å²) in [6.07, 6.45) is 0.844. The molecule has 1 heterocycles. The Morgan fingerprint density at radius 1 is 1.47 bits per heavy atom. The van der Waals surface area contributed by atoms with Crippen molar-refractivity contribution in [2.24, 2.45) is 5.73 Å². The van der Waals surface area contributed by atoms with Gasteiger partial charge in [-0.3, -0.25) is 9.59 Å². The highest BCUT2D eigenvalue weighted by Crippen LogP contribution is 2.17. The average molecular weight is 216 g/mol. The molecule has 1 aliphatic rings. The largest absolute Gasteiger partial charge is 0.480 e. The van der Waals surface area contributed by atoms with Crippen LogP contribution >= 0.6 is 0 Å². The SMILES string of the molecule is C[C@H](NC(=O)C1(N)CCOCC1)C(=O)O. The summed E-state index contributed by atoms with van der Waals surface area (Å²) in [5, 5.41) is 11.0. The van der Waals surface area contributed by atoms with Crippen molar-refractivity contribution in [2.45, 2.75) is 31.3 Å². The van der Waals surface area contributed by atoms with E-state index in [9.17, 15) is 9.59 Å². The minimum Gasteiger partial charge on any atom is -0.480 e. The Balaban J connectivity index is 2.55. The fourth-order valence-corrected chi connectivity index (χ4v) is 1.36. The van der Waals surface area contributed by atoms with Crippen molar-refractivity contribution in [3.63, 3.8) is 0 Å². The molecule has 1 rings (SSSR count). The van der Waals surface area contributed by atoms with Gasteiger partial charge in [0.25, 0.3) is 0 Å². The Labute approximate surface area is 87.8 Å². The maximum absolute atomic E-state index is 11.7. The van der Waals surface area contributed by atoms with E-state index in [4.69, 9.17) is 15.6 Å². The van der Waals surface area contributed by atoms with Gasteiger partial charge in [-0.05, 0) is 19.8 Å². The van der Waals surface area contributed by atoms with E-state index in [0.29, 0.717) is 26.1 Å². The first-order valence-electron chi connectivity index (χ1n) is 4.86. The van der Waals surface area contributed by atoms with Crippen LogP contribution in [0, 0.1) is 0 Å². The predicted octanol–water partition coefficient (Wildman–Crippen LogP) is -0.916. The Kier molecular flexibility index (Phi) is 3.65. The summed E-state index contributed by atoms with van der Waals surface area (Å²) in [7, 11) is 0. The van der Waals surface area contributed by atoms with Crippen molar-refractivity contribution >= 4 is 11.9 Å². The second-order valence-corrected chi connectivity index (χ2v) is 3.80. The summed E-state index contributed by atoms with van der Waals surface area (Å²) in [6.45, 7) is 2.28. The normalized spacial score (nSPS) is 21.7. The number of carbonyl (C=O) groups is 2. The summed E-state index contributed by atoms with van der Waals surface area (Å²) in [6, 6.07) is -0.916. The van der Waals surface area contributed by atoms with E-state index in [0.717, 1.165) is 0 Å². The molecule has 0 spiro atoms. The van der Waals surface area contributed by atoms with E-state index in [2.05, 4.69) is 5.32 Å². The number of aliphatic carboxylic acids is 1. The molecule has 1 fully saturated rings. The molecule has 0 bridgehead atoms. The number of carbonyl (C=O) groups excluding carboxylic acids is 1. The smallest absolute Gasteiger partial charge is 0.325 e. The molecule has 0 aromatic rings. The van der Waals surface area contributed by atoms with Gasteiger partial charge in [0.2, 0.25) is 5.91 Å². The molecule has 15 heavy (non-hydrogen) atoms. The van der Waals surface area contributed by atoms with Crippen molar-refractivity contribution in [3.05, 3.63) is 0 Å². The second kappa shape index (κ2) is 4.59. The summed E-state index contributed by atoms with van der Waals surface area (Å²) in [5.41, 5.74) is 4.88. The number of nitrogens with one attached hydrogen (secondary N) is 1. The zero-order chi connectivity index (χ0) is 11.5. The quantitative estimate of drug-likeness (QED) is 0.566. The second-order valence-electron chi connectivity index (χ2n) is 3.80. The van der Waals surface area contributed by atoms with E-state index in [1.165, 1.54) is 6.92 Å². The van der Waals surface area contributed by atoms with Crippen LogP contribution < -0.4 is 11.1 Å². The Hall–Kier alpha value is -1.14. The van der Waals surface area contributed by atoms with Crippen LogP contribution in [-0.4, -0.2) is 41.8 Å². The molecule has 0 unspecified atom stereocenters. The van der Waals surface area contributed by atoms with Gasteiger partial charge >= 0.3 is 5.97 Å². The van der Waals surface area contributed by atoms with Crippen LogP contribution in [0.4, 0.5) is 0 Å². The molecule has 1 aliphatic heterocycles. The molecular weight excluding hydrogens is 200 g/mol. The number of nitrogens with two attached hydrogens (primary N) is 1. The third-order valence-electron chi connectivity index (χ3n) is 2.56. The van der Waals surface area contributed by atoms with Crippen molar-refractivity contribution in [3.8, 4) is 0 Å². The van der Waals surface area contributed by atoms with Gasteiger partial charge in [0.05, 0.1) is 5.54 Å². The number of carboxylic acids is 1. The lowest BCUT2D eigenvalue weighted by Gasteiger charge is -2.32. The lowest BCUT2D eigenvalue weighted by Crippen LogP contribution is -2.59. The Morgan fingerprint density at radius 3 is 2.47 bits per heavy atom. The molecule has 1 saturated heterocycles. The fourth-order valence-electron chi connectivity index (χ4n) is 1.36. The van der Waals surface area contributed by atoms with Gasteiger partial charge in [-0.1, -0.05) is 0 Å². The first-order valence-corrected chi connectivity index (χ1v) is 4.86. The van der Waals surface area contributed by atoms with Crippen LogP contribution in [0.5, 0.6) is 0 Å². The Morgan fingerprint density at radius 2 is 2.00 bits per heavy atom. The third kappa shape index (κ3) is 2.90. The topological polar surface area (TPSA) is 102 Å². The van der Waals surface area contributed by atoms with Crippen LogP contribution in [0.25, 0.3) is 0 Å². The highest BCUT2D eigenvalue weighted by Gasteiger charge is 2.36. The highest BCUT2D eigenvalue weighted by molar-refractivity contribution is 5.89. The zero-order valence-corrected chi connectivity index (χ0v) is 8.66. The minimum atomic E-state index is -1.07. The highest BCUT2D eigenvalue weighted by atomic mass is 16.5. The van der Waals surface area contributed by atoms with Crippen LogP contribution in [0.1, 0.15) is 19.8 Å². The van der Waals surface area contributed by atoms with Gasteiger partial charge in [0.15, 0.2) is 0 Å². The molecule has 0 radical (unpaired) electrons. The number of carboxylic acid groups (broad SMARTS) is 1. The molecule has 0 aromatic carbocycles. The first-order chi connectivity index (χ1) is 6.96. The number of ether oxygens (including phenoxy) is 1. The third-order valence-corrected chi connectivity index (χ3v) is 2.56. The fraction of sp³-hybridized carbons (Fsp3) is 0.778. The molecule has 6 nitrogen and oxygen atoms in total. The van der Waals surface area contributed by atoms with Crippen LogP contribution in [0.15, 0.2) is 0 Å². The van der Waals surface area contributed by atoms with Crippen molar-refractivity contribution in [1.29, 1.82) is 0 Å². The summed E-state index contributed by atoms with van der Waals surface area (Å²) < 4.78 is 5.09. The number of amides is 1. The summed E-state index contributed by atoms with van der Waals surface area (Å²) in [4.78, 5) is 22.2. The first kappa shape index (κ1) is 11.9. The minimum absolute atomic E-state index is 0.416. The molecule has 0 aromatic heterocycles. The maximum atomic E-state index is 11.7. The van der Waals surface area contributed by atoms with E-state index in [-0.39, 0.29) is 0 Å². The van der Waals surface area contributed by atoms with Gasteiger partial charge in [0, 0.05) is 13.2 Å². The molecule has 4 N–H and O–H groups in total. The molecule has 0 saturated carbocycles. The van der Waals surface area contributed by atoms with E-state index in [1.54, 1.807) is 0 Å². The number of rotatable bonds is 3. The monoisotopic (exact) mass is 216 g/mol. The van der Waals surface area contributed by atoms with Gasteiger partial charge in [-0.25, -0.2) is 0 Å². The van der Waals surface area contributed by atoms with Crippen LogP contribution in [0.2, 0.25) is 0 Å². The molecule has 1 atom stereocenters. The number of hydrogen-bond donors (Lipinski definition) is 3. The zero-order valence-electron chi connectivity index (χ0n) is 8.66. The van der Waals surface area contributed by atoms with Gasteiger partial charge in [0.1, 0.15) is 6.04 Å². The van der Waals surface area contributed by atoms with Crippen LogP contribution in [-0.2, 0) is 14.3 Å². The predicted molar refractivity (Wildman–Crippen MR) is 52.2 cm³/mol. The van der Waals surface area contributed by atoms with Crippen LogP contribution in [0.3, 0.4) is 0 Å².